The second kappa shape index (κ2) is 25.0. The van der Waals surface area contributed by atoms with Gasteiger partial charge < -0.3 is 23.5 Å². The number of anilines is 4. The molecule has 13 rings (SSSR count). The molecule has 0 aliphatic carbocycles. The molecule has 1 atom stereocenters. The van der Waals surface area contributed by atoms with Crippen molar-refractivity contribution < 1.29 is 0 Å². The zero-order valence-corrected chi connectivity index (χ0v) is 69.6. The normalized spacial score (nSPS) is 14.1. The van der Waals surface area contributed by atoms with E-state index < -0.39 is 0 Å². The summed E-state index contributed by atoms with van der Waals surface area (Å²) < 4.78 is 8.40. The Kier molecular flexibility index (Phi) is 17.8. The Morgan fingerprint density at radius 3 is 1.09 bits per heavy atom. The van der Waals surface area contributed by atoms with Gasteiger partial charge in [-0.05, 0) is 221 Å². The van der Waals surface area contributed by atoms with E-state index in [4.69, 9.17) is 0 Å². The zero-order valence-electron chi connectivity index (χ0n) is 69.6. The molecule has 0 radical (unpaired) electrons. The van der Waals surface area contributed by atoms with Crippen LogP contribution in [0.3, 0.4) is 0 Å². The number of fused-ring (bicyclic) bond motifs is 11. The van der Waals surface area contributed by atoms with Crippen molar-refractivity contribution in [3.63, 3.8) is 0 Å². The van der Waals surface area contributed by atoms with Gasteiger partial charge >= 0.3 is 0 Å². The van der Waals surface area contributed by atoms with Gasteiger partial charge in [0.1, 0.15) is 0 Å². The number of hydrogen-bond donors (Lipinski definition) is 0. The first kappa shape index (κ1) is 74.1. The molecule has 0 saturated carbocycles. The summed E-state index contributed by atoms with van der Waals surface area (Å²) in [7, 11) is 2.42. The minimum absolute atomic E-state index is 0.0567. The third-order valence-corrected chi connectivity index (χ3v) is 23.7. The molecule has 0 spiro atoms. The molecule has 6 heteroatoms. The Labute approximate surface area is 626 Å². The minimum Gasteiger partial charge on any atom is -0.343 e. The van der Waals surface area contributed by atoms with Crippen molar-refractivity contribution in [1.29, 1.82) is 0 Å². The smallest absolute Gasteiger partial charge is 0.214 e. The van der Waals surface area contributed by atoms with Gasteiger partial charge in [0.2, 0.25) is 6.71 Å². The van der Waals surface area contributed by atoms with Crippen molar-refractivity contribution in [2.45, 2.75) is 263 Å². The van der Waals surface area contributed by atoms with Gasteiger partial charge in [-0.15, -0.1) is 0 Å². The van der Waals surface area contributed by atoms with Crippen LogP contribution in [0, 0.1) is 5.92 Å². The molecule has 9 aromatic carbocycles. The monoisotopic (exact) mass is 1380 g/mol. The summed E-state index contributed by atoms with van der Waals surface area (Å²) in [6, 6.07) is 57.6. The fourth-order valence-corrected chi connectivity index (χ4v) is 16.7. The largest absolute Gasteiger partial charge is 0.343 e. The summed E-state index contributed by atoms with van der Waals surface area (Å²) in [5, 5.41) is 7.65. The Hall–Kier alpha value is -8.22. The first-order valence-corrected chi connectivity index (χ1v) is 39.2. The Bertz CT molecular complexity index is 5330. The lowest BCUT2D eigenvalue weighted by Gasteiger charge is -2.43. The van der Waals surface area contributed by atoms with Crippen LogP contribution in [0.15, 0.2) is 146 Å². The molecule has 3 aromatic heterocycles. The molecule has 0 N–H and O–H groups in total. The summed E-state index contributed by atoms with van der Waals surface area (Å²) in [4.78, 5) is 5.56. The van der Waals surface area contributed by atoms with E-state index in [2.05, 4.69) is 390 Å². The van der Waals surface area contributed by atoms with Gasteiger partial charge in [0, 0.05) is 62.3 Å². The topological polar surface area (TPSA) is 21.3 Å². The molecule has 0 bridgehead atoms. The molecular weight excluding hydrogens is 1260 g/mol. The van der Waals surface area contributed by atoms with Crippen LogP contribution in [0.25, 0.3) is 88.6 Å². The number of nitrogens with zero attached hydrogens (tertiary/aromatic N) is 5. The van der Waals surface area contributed by atoms with Crippen LogP contribution in [0.1, 0.15) is 256 Å². The first-order valence-electron chi connectivity index (χ1n) is 39.2. The van der Waals surface area contributed by atoms with Gasteiger partial charge in [0.15, 0.2) is 0 Å². The Morgan fingerprint density at radius 2 is 0.712 bits per heavy atom. The van der Waals surface area contributed by atoms with Crippen molar-refractivity contribution in [1.82, 2.24) is 13.7 Å². The maximum absolute atomic E-state index is 2.90. The summed E-state index contributed by atoms with van der Waals surface area (Å²) in [6.45, 7) is 71.5. The van der Waals surface area contributed by atoms with Crippen LogP contribution in [0.4, 0.5) is 22.7 Å². The maximum atomic E-state index is 2.90. The Balaban J connectivity index is 1.45. The van der Waals surface area contributed by atoms with Crippen LogP contribution in [0.5, 0.6) is 0 Å². The standard InChI is InChI=1S/C98H122BN5/c1-32-34-61-50-63(92(9,10)11)35-42-77(61)100(31)86-84-87(104-83-48-41-68(97(24,25)26)55-74(83)75-56-69(98(27,28)29)57-76(85(75)104)99(84)30)89(103-81-46-39-66(95(18,19)20)53-72(81)73-54-67(96(21,22)23)40-47-82(73)103)90(101(59(5)58(3)4)78-43-36-62(91(6,7)8)49-60(78)33-2)88(86)102-79-44-37-64(93(12,13)14)51-70(79)71-52-65(94(15,16)17)38-45-80(71)102/h32,34-59H,33H2,1-31H3/b34-32+. The number of aryl methyl sites for hydroxylation is 1. The van der Waals surface area contributed by atoms with Crippen molar-refractivity contribution in [3.05, 3.63) is 201 Å². The van der Waals surface area contributed by atoms with E-state index in [-0.39, 0.29) is 62.0 Å². The third-order valence-electron chi connectivity index (χ3n) is 23.7. The summed E-state index contributed by atoms with van der Waals surface area (Å²) >= 11 is 0. The highest BCUT2D eigenvalue weighted by molar-refractivity contribution is 6.89. The van der Waals surface area contributed by atoms with Crippen LogP contribution in [-0.4, -0.2) is 33.5 Å². The molecule has 0 fully saturated rings. The van der Waals surface area contributed by atoms with E-state index in [1.54, 1.807) is 0 Å². The number of hydrogen-bond acceptors (Lipinski definition) is 2. The lowest BCUT2D eigenvalue weighted by atomic mass is 9.40. The van der Waals surface area contributed by atoms with E-state index in [1.807, 2.05) is 0 Å². The summed E-state index contributed by atoms with van der Waals surface area (Å²) in [6.07, 6.45) is 5.45. The fourth-order valence-electron chi connectivity index (χ4n) is 16.7. The molecule has 542 valence electrons. The van der Waals surface area contributed by atoms with Gasteiger partial charge in [-0.3, -0.25) is 0 Å². The number of rotatable bonds is 10. The molecule has 5 nitrogen and oxygen atoms in total. The van der Waals surface area contributed by atoms with Crippen molar-refractivity contribution >= 4 is 112 Å². The third kappa shape index (κ3) is 12.3. The molecule has 0 amide bonds. The SMILES string of the molecule is C/C=C/c1cc(C(C)(C)C)ccc1N(C)c1c2c(c(-n3c4ccc(C(C)(C)C)cc4c4cc(C(C)(C)C)ccc43)c(N(c3ccc(C(C)(C)C)cc3CC)C(C)C(C)C)c1-n1c3ccc(C(C)(C)C)cc3c3cc(C(C)(C)C)ccc31)-n1c3ccc(C(C)(C)C)cc3c3cc(C(C)(C)C)cc(c31)B2C. The summed E-state index contributed by atoms with van der Waals surface area (Å²) in [5.41, 5.74) is 30.4. The lowest BCUT2D eigenvalue weighted by molar-refractivity contribution is 0.517. The highest BCUT2D eigenvalue weighted by Crippen LogP contribution is 2.56. The van der Waals surface area contributed by atoms with Gasteiger partial charge in [-0.25, -0.2) is 0 Å². The molecule has 1 aliphatic rings. The van der Waals surface area contributed by atoms with Gasteiger partial charge in [0.05, 0.1) is 56.0 Å². The van der Waals surface area contributed by atoms with Gasteiger partial charge in [0.25, 0.3) is 0 Å². The van der Waals surface area contributed by atoms with Crippen LogP contribution < -0.4 is 20.7 Å². The maximum Gasteiger partial charge on any atom is 0.214 e. The molecule has 12 aromatic rings. The minimum atomic E-state index is -0.161. The van der Waals surface area contributed by atoms with Crippen LogP contribution in [0.2, 0.25) is 6.82 Å². The molecule has 0 saturated heterocycles. The lowest BCUT2D eigenvalue weighted by Crippen LogP contribution is -2.49. The summed E-state index contributed by atoms with van der Waals surface area (Å²) in [5.74, 6) is 0.181. The van der Waals surface area contributed by atoms with Crippen molar-refractivity contribution in [2.75, 3.05) is 16.8 Å². The van der Waals surface area contributed by atoms with Crippen LogP contribution in [-0.2, 0) is 49.7 Å². The predicted octanol–water partition coefficient (Wildman–Crippen LogP) is 26.5. The van der Waals surface area contributed by atoms with Gasteiger partial charge in [-0.2, -0.15) is 0 Å². The van der Waals surface area contributed by atoms with Crippen LogP contribution >= 0.6 is 0 Å². The number of aromatic nitrogens is 3. The Morgan fingerprint density at radius 1 is 0.375 bits per heavy atom. The highest BCUT2D eigenvalue weighted by Gasteiger charge is 2.44. The second-order valence-electron chi connectivity index (χ2n) is 39.9. The van der Waals surface area contributed by atoms with Crippen molar-refractivity contribution in [3.8, 4) is 17.1 Å². The van der Waals surface area contributed by atoms with Crippen molar-refractivity contribution in [2.24, 2.45) is 5.92 Å². The second-order valence-corrected chi connectivity index (χ2v) is 39.9. The predicted molar refractivity (Wildman–Crippen MR) is 461 cm³/mol. The van der Waals surface area contributed by atoms with E-state index in [9.17, 15) is 0 Å². The van der Waals surface area contributed by atoms with E-state index in [1.165, 1.54) is 160 Å². The molecule has 1 aliphatic heterocycles. The molecule has 4 heterocycles. The first-order chi connectivity index (χ1) is 48.2. The van der Waals surface area contributed by atoms with E-state index in [0.717, 1.165) is 17.8 Å². The average molecular weight is 1380 g/mol. The average Bonchev–Trinajstić information content (AvgIpc) is 1.41. The molecule has 1 unspecified atom stereocenters. The quantitative estimate of drug-likeness (QED) is 0.127. The zero-order chi connectivity index (χ0) is 75.9. The van der Waals surface area contributed by atoms with E-state index >= 15 is 0 Å². The molecular formula is C98H122BN5. The van der Waals surface area contributed by atoms with Gasteiger partial charge in [-0.1, -0.05) is 261 Å². The van der Waals surface area contributed by atoms with E-state index in [0.29, 0.717) is 0 Å². The number of benzene rings is 9. The molecule has 104 heavy (non-hydrogen) atoms. The fraction of sp³-hybridized carbons (Fsp3) is 0.429. The highest BCUT2D eigenvalue weighted by atomic mass is 15.3. The number of allylic oxidation sites excluding steroid dienone is 1.